The Morgan fingerprint density at radius 2 is 1.43 bits per heavy atom. The molecule has 2 rings (SSSR count). The van der Waals surface area contributed by atoms with Crippen LogP contribution in [0.5, 0.6) is 0 Å². The molecule has 0 radical (unpaired) electrons. The lowest BCUT2D eigenvalue weighted by Crippen LogP contribution is -2.46. The number of ether oxygens (including phenoxy) is 2. The number of benzene rings is 1. The Bertz CT molecular complexity index is 930. The monoisotopic (exact) mass is 434 g/mol. The Morgan fingerprint density at radius 3 is 1.82 bits per heavy atom. The number of piperidine rings is 1. The molecule has 1 saturated heterocycles. The van der Waals surface area contributed by atoms with Crippen LogP contribution in [0.1, 0.15) is 33.6 Å². The first-order valence-electron chi connectivity index (χ1n) is 8.27. The second kappa shape index (κ2) is 8.55. The SMILES string of the molecule is COC(=O)c1cc(C(=O)OC)cc(S(=O)(=O)N2CCC(NS(C)(=O)=O)CC2)c1. The number of nitrogens with one attached hydrogen (secondary N) is 1. The highest BCUT2D eigenvalue weighted by molar-refractivity contribution is 7.89. The molecule has 1 aliphatic rings. The minimum absolute atomic E-state index is 0.0888. The summed E-state index contributed by atoms with van der Waals surface area (Å²) in [4.78, 5) is 23.5. The molecule has 28 heavy (non-hydrogen) atoms. The molecule has 1 aromatic carbocycles. The third-order valence-corrected chi connectivity index (χ3v) is 6.86. The summed E-state index contributed by atoms with van der Waals surface area (Å²) in [6, 6.07) is 3.11. The van der Waals surface area contributed by atoms with Gasteiger partial charge in [-0.15, -0.1) is 0 Å². The number of hydrogen-bond donors (Lipinski definition) is 1. The Kier molecular flexibility index (Phi) is 6.80. The Hall–Kier alpha value is -2.02. The fraction of sp³-hybridized carbons (Fsp3) is 0.500. The molecule has 0 atom stereocenters. The van der Waals surface area contributed by atoms with Crippen molar-refractivity contribution in [2.75, 3.05) is 33.6 Å². The van der Waals surface area contributed by atoms with E-state index < -0.39 is 32.0 Å². The number of esters is 2. The van der Waals surface area contributed by atoms with Crippen LogP contribution in [0, 0.1) is 0 Å². The Morgan fingerprint density at radius 1 is 0.964 bits per heavy atom. The van der Waals surface area contributed by atoms with Crippen LogP contribution < -0.4 is 4.72 Å². The van der Waals surface area contributed by atoms with Gasteiger partial charge in [-0.05, 0) is 31.0 Å². The summed E-state index contributed by atoms with van der Waals surface area (Å²) in [7, 11) is -5.12. The van der Waals surface area contributed by atoms with E-state index in [0.717, 1.165) is 32.6 Å². The lowest BCUT2D eigenvalue weighted by molar-refractivity contribution is 0.0598. The maximum atomic E-state index is 13.0. The number of rotatable bonds is 6. The second-order valence-corrected chi connectivity index (χ2v) is 10.0. The van der Waals surface area contributed by atoms with E-state index in [9.17, 15) is 26.4 Å². The molecule has 0 aliphatic carbocycles. The number of methoxy groups -OCH3 is 2. The predicted octanol–water partition coefficient (Wildman–Crippen LogP) is -0.0379. The first kappa shape index (κ1) is 22.3. The van der Waals surface area contributed by atoms with Crippen molar-refractivity contribution in [1.82, 2.24) is 9.03 Å². The Labute approximate surface area is 163 Å². The quantitative estimate of drug-likeness (QED) is 0.616. The van der Waals surface area contributed by atoms with Crippen LogP contribution >= 0.6 is 0 Å². The van der Waals surface area contributed by atoms with Crippen LogP contribution in [-0.2, 0) is 29.5 Å². The highest BCUT2D eigenvalue weighted by Gasteiger charge is 2.31. The molecule has 0 aromatic heterocycles. The van der Waals surface area contributed by atoms with E-state index in [0.29, 0.717) is 12.8 Å². The zero-order valence-electron chi connectivity index (χ0n) is 15.7. The van der Waals surface area contributed by atoms with Crippen molar-refractivity contribution >= 4 is 32.0 Å². The van der Waals surface area contributed by atoms with Crippen LogP contribution in [0.15, 0.2) is 23.1 Å². The van der Waals surface area contributed by atoms with Gasteiger partial charge in [-0.2, -0.15) is 4.31 Å². The van der Waals surface area contributed by atoms with Crippen molar-refractivity contribution in [2.24, 2.45) is 0 Å². The van der Waals surface area contributed by atoms with E-state index in [-0.39, 0.29) is 35.2 Å². The highest BCUT2D eigenvalue weighted by Crippen LogP contribution is 2.24. The second-order valence-electron chi connectivity index (χ2n) is 6.30. The van der Waals surface area contributed by atoms with Crippen molar-refractivity contribution in [3.63, 3.8) is 0 Å². The van der Waals surface area contributed by atoms with Gasteiger partial charge in [0.15, 0.2) is 0 Å². The maximum Gasteiger partial charge on any atom is 0.337 e. The molecular formula is C16H22N2O8S2. The molecule has 12 heteroatoms. The first-order valence-corrected chi connectivity index (χ1v) is 11.6. The van der Waals surface area contributed by atoms with Crippen LogP contribution in [0.25, 0.3) is 0 Å². The fourth-order valence-corrected chi connectivity index (χ4v) is 5.27. The van der Waals surface area contributed by atoms with Gasteiger partial charge in [-0.3, -0.25) is 0 Å². The summed E-state index contributed by atoms with van der Waals surface area (Å²) in [6.45, 7) is 0.178. The number of sulfonamides is 2. The molecule has 156 valence electrons. The fourth-order valence-electron chi connectivity index (χ4n) is 2.89. The third-order valence-electron chi connectivity index (χ3n) is 4.22. The molecule has 0 spiro atoms. The van der Waals surface area contributed by atoms with Crippen LogP contribution in [0.4, 0.5) is 0 Å². The van der Waals surface area contributed by atoms with Gasteiger partial charge in [-0.1, -0.05) is 0 Å². The maximum absolute atomic E-state index is 13.0. The van der Waals surface area contributed by atoms with Crippen molar-refractivity contribution in [2.45, 2.75) is 23.8 Å². The smallest absolute Gasteiger partial charge is 0.337 e. The van der Waals surface area contributed by atoms with Gasteiger partial charge in [0.25, 0.3) is 0 Å². The number of hydrogen-bond acceptors (Lipinski definition) is 8. The number of carbonyl (C=O) groups excluding carboxylic acids is 2. The van der Waals surface area contributed by atoms with Crippen molar-refractivity contribution in [3.05, 3.63) is 29.3 Å². The predicted molar refractivity (Wildman–Crippen MR) is 98.9 cm³/mol. The summed E-state index contributed by atoms with van der Waals surface area (Å²) in [5.41, 5.74) is -0.199. The molecule has 0 amide bonds. The molecule has 1 aliphatic heterocycles. The van der Waals surface area contributed by atoms with Crippen LogP contribution in [0.3, 0.4) is 0 Å². The molecule has 1 aromatic rings. The van der Waals surface area contributed by atoms with Crippen molar-refractivity contribution < 1.29 is 35.9 Å². The summed E-state index contributed by atoms with van der Waals surface area (Å²) in [5, 5.41) is 0. The molecule has 1 N–H and O–H groups in total. The lowest BCUT2D eigenvalue weighted by atomic mass is 10.1. The topological polar surface area (TPSA) is 136 Å². The standard InChI is InChI=1S/C16H22N2O8S2/c1-25-15(19)11-8-12(16(20)26-2)10-14(9-11)28(23,24)18-6-4-13(5-7-18)17-27(3,21)22/h8-10,13,17H,4-7H2,1-3H3. The molecule has 10 nitrogen and oxygen atoms in total. The number of carbonyl (C=O) groups is 2. The molecule has 0 unspecified atom stereocenters. The van der Waals surface area contributed by atoms with E-state index in [2.05, 4.69) is 14.2 Å². The van der Waals surface area contributed by atoms with Gasteiger partial charge in [-0.25, -0.2) is 31.1 Å². The zero-order chi connectivity index (χ0) is 21.1. The van der Waals surface area contributed by atoms with Gasteiger partial charge in [0, 0.05) is 19.1 Å². The van der Waals surface area contributed by atoms with Gasteiger partial charge in [0.1, 0.15) is 0 Å². The summed E-state index contributed by atoms with van der Waals surface area (Å²) < 4.78 is 61.5. The van der Waals surface area contributed by atoms with Crippen LogP contribution in [0.2, 0.25) is 0 Å². The summed E-state index contributed by atoms with van der Waals surface area (Å²) >= 11 is 0. The van der Waals surface area contributed by atoms with Crippen LogP contribution in [-0.4, -0.2) is 72.7 Å². The van der Waals surface area contributed by atoms with E-state index in [1.807, 2.05) is 0 Å². The molecular weight excluding hydrogens is 412 g/mol. The van der Waals surface area contributed by atoms with Crippen molar-refractivity contribution in [3.8, 4) is 0 Å². The lowest BCUT2D eigenvalue weighted by Gasteiger charge is -2.31. The van der Waals surface area contributed by atoms with Gasteiger partial charge < -0.3 is 9.47 Å². The molecule has 0 bridgehead atoms. The minimum atomic E-state index is -4.02. The van der Waals surface area contributed by atoms with E-state index in [1.165, 1.54) is 10.4 Å². The zero-order valence-corrected chi connectivity index (χ0v) is 17.3. The molecule has 0 saturated carbocycles. The minimum Gasteiger partial charge on any atom is -0.465 e. The van der Waals surface area contributed by atoms with E-state index in [4.69, 9.17) is 0 Å². The Balaban J connectivity index is 2.32. The normalized spacial score (nSPS) is 16.5. The van der Waals surface area contributed by atoms with E-state index in [1.54, 1.807) is 0 Å². The number of nitrogens with zero attached hydrogens (tertiary/aromatic N) is 1. The first-order chi connectivity index (χ1) is 13.0. The van der Waals surface area contributed by atoms with Gasteiger partial charge in [0.2, 0.25) is 20.0 Å². The van der Waals surface area contributed by atoms with E-state index >= 15 is 0 Å². The van der Waals surface area contributed by atoms with Gasteiger partial charge >= 0.3 is 11.9 Å². The van der Waals surface area contributed by atoms with Crippen molar-refractivity contribution in [1.29, 1.82) is 0 Å². The largest absolute Gasteiger partial charge is 0.465 e. The summed E-state index contributed by atoms with van der Waals surface area (Å²) in [5.74, 6) is -1.59. The molecule has 1 heterocycles. The average Bonchev–Trinajstić information content (AvgIpc) is 2.65. The average molecular weight is 434 g/mol. The third kappa shape index (κ3) is 5.28. The van der Waals surface area contributed by atoms with Gasteiger partial charge in [0.05, 0.1) is 36.5 Å². The summed E-state index contributed by atoms with van der Waals surface area (Å²) in [6.07, 6.45) is 1.64. The highest BCUT2D eigenvalue weighted by atomic mass is 32.2. The molecule has 1 fully saturated rings.